The lowest BCUT2D eigenvalue weighted by Gasteiger charge is -2.09. The van der Waals surface area contributed by atoms with Crippen LogP contribution in [0.4, 0.5) is 0 Å². The highest BCUT2D eigenvalue weighted by molar-refractivity contribution is 8.13. The van der Waals surface area contributed by atoms with Crippen molar-refractivity contribution in [2.45, 2.75) is 31.6 Å². The Bertz CT molecular complexity index is 627. The van der Waals surface area contributed by atoms with E-state index in [0.717, 1.165) is 25.0 Å². The molecular formula is C13H15Cl3O4S. The molecule has 8 heteroatoms. The van der Waals surface area contributed by atoms with Crippen LogP contribution in [0.15, 0.2) is 17.0 Å². The highest BCUT2D eigenvalue weighted by Crippen LogP contribution is 2.31. The number of rotatable bonds is 6. The molecule has 0 N–H and O–H groups in total. The van der Waals surface area contributed by atoms with Crippen LogP contribution in [-0.4, -0.2) is 21.0 Å². The van der Waals surface area contributed by atoms with Crippen LogP contribution in [-0.2, 0) is 13.8 Å². The van der Waals surface area contributed by atoms with Gasteiger partial charge in [0.25, 0.3) is 9.05 Å². The minimum Gasteiger partial charge on any atom is -0.462 e. The van der Waals surface area contributed by atoms with Crippen molar-refractivity contribution in [2.24, 2.45) is 5.92 Å². The summed E-state index contributed by atoms with van der Waals surface area (Å²) in [7, 11) is 1.18. The topological polar surface area (TPSA) is 60.4 Å². The van der Waals surface area contributed by atoms with E-state index in [4.69, 9.17) is 38.6 Å². The first kappa shape index (κ1) is 18.6. The summed E-state index contributed by atoms with van der Waals surface area (Å²) >= 11 is 11.6. The van der Waals surface area contributed by atoms with Crippen LogP contribution in [0.25, 0.3) is 0 Å². The van der Waals surface area contributed by atoms with Crippen LogP contribution in [0, 0.1) is 5.92 Å². The average molecular weight is 374 g/mol. The summed E-state index contributed by atoms with van der Waals surface area (Å²) in [5, 5.41) is -0.135. The molecular weight excluding hydrogens is 359 g/mol. The zero-order chi connectivity index (χ0) is 16.2. The molecule has 0 amide bonds. The molecule has 1 aromatic carbocycles. The first-order valence-electron chi connectivity index (χ1n) is 6.23. The SMILES string of the molecule is CC(C)CCCOC(=O)c1cc(S(=O)(=O)Cl)c(Cl)cc1Cl. The summed E-state index contributed by atoms with van der Waals surface area (Å²) in [6, 6.07) is 2.18. The predicted molar refractivity (Wildman–Crippen MR) is 83.9 cm³/mol. The van der Waals surface area contributed by atoms with Crippen molar-refractivity contribution in [1.29, 1.82) is 0 Å². The lowest BCUT2D eigenvalue weighted by Crippen LogP contribution is -2.09. The van der Waals surface area contributed by atoms with Gasteiger partial charge in [0, 0.05) is 10.7 Å². The maximum Gasteiger partial charge on any atom is 0.339 e. The quantitative estimate of drug-likeness (QED) is 0.418. The number of benzene rings is 1. The zero-order valence-corrected chi connectivity index (χ0v) is 14.6. The van der Waals surface area contributed by atoms with Crippen molar-refractivity contribution in [3.05, 3.63) is 27.7 Å². The standard InChI is InChI=1S/C13H15Cl3O4S/c1-8(2)4-3-5-20-13(17)9-6-12(21(16,18)19)11(15)7-10(9)14/h6-8H,3-5H2,1-2H3. The number of hydrogen-bond acceptors (Lipinski definition) is 4. The van der Waals surface area contributed by atoms with Crippen molar-refractivity contribution >= 4 is 48.9 Å². The second-order valence-electron chi connectivity index (χ2n) is 4.87. The summed E-state index contributed by atoms with van der Waals surface area (Å²) in [4.78, 5) is 11.5. The molecule has 0 aliphatic rings. The van der Waals surface area contributed by atoms with Gasteiger partial charge in [0.2, 0.25) is 0 Å². The first-order chi connectivity index (χ1) is 9.62. The molecule has 0 aromatic heterocycles. The van der Waals surface area contributed by atoms with Gasteiger partial charge in [0.1, 0.15) is 4.90 Å². The largest absolute Gasteiger partial charge is 0.462 e. The number of carbonyl (C=O) groups is 1. The molecule has 0 radical (unpaired) electrons. The van der Waals surface area contributed by atoms with E-state index in [0.29, 0.717) is 5.92 Å². The Morgan fingerprint density at radius 2 is 1.86 bits per heavy atom. The second-order valence-corrected chi connectivity index (χ2v) is 8.22. The smallest absolute Gasteiger partial charge is 0.339 e. The predicted octanol–water partition coefficient (Wildman–Crippen LogP) is 4.51. The van der Waals surface area contributed by atoms with Crippen LogP contribution in [0.5, 0.6) is 0 Å². The minimum atomic E-state index is -4.07. The Balaban J connectivity index is 2.90. The lowest BCUT2D eigenvalue weighted by molar-refractivity contribution is 0.0494. The molecule has 0 unspecified atom stereocenters. The molecule has 0 aliphatic heterocycles. The van der Waals surface area contributed by atoms with Crippen molar-refractivity contribution in [1.82, 2.24) is 0 Å². The van der Waals surface area contributed by atoms with E-state index in [1.807, 2.05) is 0 Å². The van der Waals surface area contributed by atoms with Gasteiger partial charge in [0.15, 0.2) is 0 Å². The Hall–Kier alpha value is -0.490. The Morgan fingerprint density at radius 3 is 2.38 bits per heavy atom. The van der Waals surface area contributed by atoms with E-state index in [1.54, 1.807) is 0 Å². The van der Waals surface area contributed by atoms with Gasteiger partial charge in [-0.05, 0) is 30.9 Å². The first-order valence-corrected chi connectivity index (χ1v) is 9.30. The molecule has 0 spiro atoms. The van der Waals surface area contributed by atoms with Crippen LogP contribution in [0.3, 0.4) is 0 Å². The third kappa shape index (κ3) is 5.66. The lowest BCUT2D eigenvalue weighted by atomic mass is 10.1. The highest BCUT2D eigenvalue weighted by Gasteiger charge is 2.21. The summed E-state index contributed by atoms with van der Waals surface area (Å²) < 4.78 is 27.8. The monoisotopic (exact) mass is 372 g/mol. The highest BCUT2D eigenvalue weighted by atomic mass is 35.7. The molecule has 21 heavy (non-hydrogen) atoms. The van der Waals surface area contributed by atoms with Gasteiger partial charge < -0.3 is 4.74 Å². The van der Waals surface area contributed by atoms with Crippen molar-refractivity contribution in [3.63, 3.8) is 0 Å². The second kappa shape index (κ2) is 7.68. The van der Waals surface area contributed by atoms with Crippen LogP contribution in [0.1, 0.15) is 37.0 Å². The van der Waals surface area contributed by atoms with Gasteiger partial charge in [-0.25, -0.2) is 13.2 Å². The molecule has 118 valence electrons. The van der Waals surface area contributed by atoms with Crippen LogP contribution >= 0.6 is 33.9 Å². The minimum absolute atomic E-state index is 0.0120. The van der Waals surface area contributed by atoms with Crippen molar-refractivity contribution in [2.75, 3.05) is 6.61 Å². The van der Waals surface area contributed by atoms with Crippen LogP contribution < -0.4 is 0 Å². The van der Waals surface area contributed by atoms with E-state index in [-0.39, 0.29) is 27.1 Å². The molecule has 1 rings (SSSR count). The fourth-order valence-electron chi connectivity index (χ4n) is 1.61. The van der Waals surface area contributed by atoms with E-state index >= 15 is 0 Å². The summed E-state index contributed by atoms with van der Waals surface area (Å²) in [5.41, 5.74) is -0.0789. The van der Waals surface area contributed by atoms with E-state index in [2.05, 4.69) is 13.8 Å². The van der Waals surface area contributed by atoms with Crippen molar-refractivity contribution < 1.29 is 17.9 Å². The third-order valence-electron chi connectivity index (χ3n) is 2.66. The maximum atomic E-state index is 11.9. The van der Waals surface area contributed by atoms with Gasteiger partial charge in [0.05, 0.1) is 22.2 Å². The Morgan fingerprint density at radius 1 is 1.24 bits per heavy atom. The van der Waals surface area contributed by atoms with E-state index < -0.39 is 15.0 Å². The molecule has 1 aromatic rings. The van der Waals surface area contributed by atoms with E-state index in [1.165, 1.54) is 0 Å². The number of ether oxygens (including phenoxy) is 1. The average Bonchev–Trinajstić information content (AvgIpc) is 2.32. The third-order valence-corrected chi connectivity index (χ3v) is 4.76. The van der Waals surface area contributed by atoms with Gasteiger partial charge in [-0.1, -0.05) is 37.0 Å². The van der Waals surface area contributed by atoms with Gasteiger partial charge in [-0.15, -0.1) is 0 Å². The number of esters is 1. The van der Waals surface area contributed by atoms with Gasteiger partial charge in [-0.3, -0.25) is 0 Å². The maximum absolute atomic E-state index is 11.9. The molecule has 0 saturated carbocycles. The number of hydrogen-bond donors (Lipinski definition) is 0. The van der Waals surface area contributed by atoms with Gasteiger partial charge >= 0.3 is 5.97 Å². The number of carbonyl (C=O) groups excluding carboxylic acids is 1. The molecule has 0 saturated heterocycles. The Kier molecular flexibility index (Phi) is 6.78. The molecule has 0 heterocycles. The summed E-state index contributed by atoms with van der Waals surface area (Å²) in [5.74, 6) is -0.196. The molecule has 0 bridgehead atoms. The van der Waals surface area contributed by atoms with Crippen molar-refractivity contribution in [3.8, 4) is 0 Å². The Labute approximate surface area is 138 Å². The molecule has 0 atom stereocenters. The fourth-order valence-corrected chi connectivity index (χ4v) is 3.42. The fraction of sp³-hybridized carbons (Fsp3) is 0.462. The molecule has 4 nitrogen and oxygen atoms in total. The van der Waals surface area contributed by atoms with Crippen LogP contribution in [0.2, 0.25) is 10.0 Å². The molecule has 0 aliphatic carbocycles. The normalized spacial score (nSPS) is 11.7. The molecule has 0 fully saturated rings. The zero-order valence-electron chi connectivity index (χ0n) is 11.5. The summed E-state index contributed by atoms with van der Waals surface area (Å²) in [6.07, 6.45) is 1.64. The summed E-state index contributed by atoms with van der Waals surface area (Å²) in [6.45, 7) is 4.36. The van der Waals surface area contributed by atoms with E-state index in [9.17, 15) is 13.2 Å². The number of halogens is 3. The van der Waals surface area contributed by atoms with Gasteiger partial charge in [-0.2, -0.15) is 0 Å².